The van der Waals surface area contributed by atoms with Crippen molar-refractivity contribution in [3.05, 3.63) is 65.2 Å². The van der Waals surface area contributed by atoms with Gasteiger partial charge >= 0.3 is 6.09 Å². The van der Waals surface area contributed by atoms with Crippen molar-refractivity contribution in [1.29, 1.82) is 0 Å². The Morgan fingerprint density at radius 2 is 1.76 bits per heavy atom. The Balaban J connectivity index is 1.62. The molecule has 9 heteroatoms. The van der Waals surface area contributed by atoms with Gasteiger partial charge in [-0.3, -0.25) is 0 Å². The van der Waals surface area contributed by atoms with Gasteiger partial charge in [0.05, 0.1) is 16.8 Å². The normalized spacial score (nSPS) is 16.9. The van der Waals surface area contributed by atoms with Crippen LogP contribution in [0.5, 0.6) is 5.75 Å². The van der Waals surface area contributed by atoms with E-state index in [9.17, 15) is 13.2 Å². The highest BCUT2D eigenvalue weighted by molar-refractivity contribution is 7.89. The Labute approximate surface area is 175 Å². The number of rotatable bonds is 7. The van der Waals surface area contributed by atoms with E-state index in [1.54, 1.807) is 42.5 Å². The highest BCUT2D eigenvalue weighted by Gasteiger charge is 2.32. The maximum absolute atomic E-state index is 12.9. The van der Waals surface area contributed by atoms with Crippen molar-refractivity contribution in [2.24, 2.45) is 0 Å². The third-order valence-electron chi connectivity index (χ3n) is 4.80. The summed E-state index contributed by atoms with van der Waals surface area (Å²) in [5.41, 5.74) is 0.607. The Morgan fingerprint density at radius 3 is 2.38 bits per heavy atom. The molecule has 1 heterocycles. The first-order chi connectivity index (χ1) is 13.8. The molecule has 1 unspecified atom stereocenters. The van der Waals surface area contributed by atoms with Crippen LogP contribution < -0.4 is 10.1 Å². The van der Waals surface area contributed by atoms with Crippen molar-refractivity contribution in [3.8, 4) is 5.75 Å². The number of benzene rings is 2. The number of carboxylic acid groups (broad SMARTS) is 1. The average molecular weight is 439 g/mol. The van der Waals surface area contributed by atoms with Gasteiger partial charge in [0, 0.05) is 13.1 Å². The van der Waals surface area contributed by atoms with Crippen molar-refractivity contribution in [1.82, 2.24) is 9.62 Å². The quantitative estimate of drug-likeness (QED) is 0.689. The summed E-state index contributed by atoms with van der Waals surface area (Å²) in [5, 5.41) is 11.9. The summed E-state index contributed by atoms with van der Waals surface area (Å²) in [5.74, 6) is 0.254. The number of nitrogens with zero attached hydrogens (tertiary/aromatic N) is 1. The van der Waals surface area contributed by atoms with Crippen LogP contribution in [0.1, 0.15) is 24.4 Å². The Bertz CT molecular complexity index is 931. The first-order valence-corrected chi connectivity index (χ1v) is 11.3. The second-order valence-corrected chi connectivity index (χ2v) is 9.26. The van der Waals surface area contributed by atoms with Crippen molar-refractivity contribution < 1.29 is 23.1 Å². The standard InChI is InChI=1S/C20H23ClN2O5S/c21-17-8-4-5-9-19(17)28-16-10-12-23(13-11-16)29(26,27)14-18(22-20(24)25)15-6-2-1-3-7-15/h1-9,16,18,22H,10-14H2,(H,24,25). The molecule has 1 saturated heterocycles. The van der Waals surface area contributed by atoms with E-state index >= 15 is 0 Å². The summed E-state index contributed by atoms with van der Waals surface area (Å²) >= 11 is 6.12. The minimum absolute atomic E-state index is 0.122. The van der Waals surface area contributed by atoms with Gasteiger partial charge in [0.1, 0.15) is 11.9 Å². The molecule has 0 spiro atoms. The molecule has 0 saturated carbocycles. The van der Waals surface area contributed by atoms with Crippen LogP contribution >= 0.6 is 11.6 Å². The van der Waals surface area contributed by atoms with E-state index in [4.69, 9.17) is 21.4 Å². The Morgan fingerprint density at radius 1 is 1.14 bits per heavy atom. The lowest BCUT2D eigenvalue weighted by Gasteiger charge is -2.32. The van der Waals surface area contributed by atoms with Gasteiger partial charge in [0.2, 0.25) is 10.0 Å². The Hall–Kier alpha value is -2.29. The number of nitrogens with one attached hydrogen (secondary N) is 1. The second-order valence-electron chi connectivity index (χ2n) is 6.84. The summed E-state index contributed by atoms with van der Waals surface area (Å²) in [7, 11) is -3.65. The fourth-order valence-corrected chi connectivity index (χ4v) is 5.17. The van der Waals surface area contributed by atoms with Crippen LogP contribution in [0.4, 0.5) is 4.79 Å². The zero-order valence-electron chi connectivity index (χ0n) is 15.7. The number of hydrogen-bond acceptors (Lipinski definition) is 4. The lowest BCUT2D eigenvalue weighted by Crippen LogP contribution is -2.45. The number of amides is 1. The second kappa shape index (κ2) is 9.47. The van der Waals surface area contributed by atoms with Crippen LogP contribution in [-0.4, -0.2) is 48.9 Å². The van der Waals surface area contributed by atoms with Crippen molar-refractivity contribution in [2.75, 3.05) is 18.8 Å². The van der Waals surface area contributed by atoms with Crippen LogP contribution in [0.2, 0.25) is 5.02 Å². The van der Waals surface area contributed by atoms with Crippen LogP contribution in [0.25, 0.3) is 0 Å². The van der Waals surface area contributed by atoms with E-state index in [0.717, 1.165) is 0 Å². The van der Waals surface area contributed by atoms with Crippen LogP contribution in [0, 0.1) is 0 Å². The first kappa shape index (κ1) is 21.4. The molecule has 2 N–H and O–H groups in total. The number of hydrogen-bond donors (Lipinski definition) is 2. The smallest absolute Gasteiger partial charge is 0.405 e. The molecule has 1 amide bonds. The summed E-state index contributed by atoms with van der Waals surface area (Å²) in [6.45, 7) is 0.623. The zero-order valence-corrected chi connectivity index (χ0v) is 17.3. The molecule has 29 heavy (non-hydrogen) atoms. The summed E-state index contributed by atoms with van der Waals surface area (Å²) in [4.78, 5) is 11.1. The molecule has 0 aromatic heterocycles. The van der Waals surface area contributed by atoms with Crippen molar-refractivity contribution >= 4 is 27.7 Å². The predicted molar refractivity (Wildman–Crippen MR) is 111 cm³/mol. The first-order valence-electron chi connectivity index (χ1n) is 9.28. The molecule has 156 valence electrons. The number of piperidine rings is 1. The Kier molecular flexibility index (Phi) is 7.00. The molecule has 0 radical (unpaired) electrons. The van der Waals surface area contributed by atoms with Gasteiger partial charge < -0.3 is 15.2 Å². The maximum Gasteiger partial charge on any atom is 0.405 e. The minimum atomic E-state index is -3.65. The molecule has 2 aromatic rings. The molecular formula is C20H23ClN2O5S. The van der Waals surface area contributed by atoms with Crippen molar-refractivity contribution in [2.45, 2.75) is 25.0 Å². The zero-order chi connectivity index (χ0) is 20.9. The predicted octanol–water partition coefficient (Wildman–Crippen LogP) is 3.52. The fourth-order valence-electron chi connectivity index (χ4n) is 3.32. The number of sulfonamides is 1. The van der Waals surface area contributed by atoms with E-state index in [2.05, 4.69) is 5.32 Å². The van der Waals surface area contributed by atoms with E-state index < -0.39 is 22.2 Å². The summed E-state index contributed by atoms with van der Waals surface area (Å²) in [6, 6.07) is 15.0. The largest absolute Gasteiger partial charge is 0.489 e. The molecule has 3 rings (SSSR count). The maximum atomic E-state index is 12.9. The average Bonchev–Trinajstić information content (AvgIpc) is 2.70. The molecule has 1 atom stereocenters. The van der Waals surface area contributed by atoms with Gasteiger partial charge in [-0.2, -0.15) is 0 Å². The molecule has 7 nitrogen and oxygen atoms in total. The molecule has 0 bridgehead atoms. The van der Waals surface area contributed by atoms with Crippen LogP contribution in [-0.2, 0) is 10.0 Å². The summed E-state index contributed by atoms with van der Waals surface area (Å²) in [6.07, 6.45) is -0.316. The van der Waals surface area contributed by atoms with Gasteiger partial charge in [-0.1, -0.05) is 54.1 Å². The molecule has 1 fully saturated rings. The van der Waals surface area contributed by atoms with E-state index in [0.29, 0.717) is 42.3 Å². The molecule has 2 aromatic carbocycles. The molecule has 1 aliphatic rings. The van der Waals surface area contributed by atoms with Crippen LogP contribution in [0.15, 0.2) is 54.6 Å². The minimum Gasteiger partial charge on any atom is -0.489 e. The lowest BCUT2D eigenvalue weighted by molar-refractivity contribution is 0.135. The monoisotopic (exact) mass is 438 g/mol. The number of carbonyl (C=O) groups is 1. The third kappa shape index (κ3) is 5.85. The van der Waals surface area contributed by atoms with Gasteiger partial charge in [0.25, 0.3) is 0 Å². The van der Waals surface area contributed by atoms with E-state index in [1.807, 2.05) is 12.1 Å². The van der Waals surface area contributed by atoms with Crippen LogP contribution in [0.3, 0.4) is 0 Å². The number of para-hydroxylation sites is 1. The molecule has 0 aliphatic carbocycles. The van der Waals surface area contributed by atoms with E-state index in [-0.39, 0.29) is 11.9 Å². The van der Waals surface area contributed by atoms with E-state index in [1.165, 1.54) is 4.31 Å². The van der Waals surface area contributed by atoms with Gasteiger partial charge in [-0.25, -0.2) is 17.5 Å². The third-order valence-corrected chi connectivity index (χ3v) is 7.02. The van der Waals surface area contributed by atoms with Gasteiger partial charge in [-0.05, 0) is 30.5 Å². The molecule has 1 aliphatic heterocycles. The van der Waals surface area contributed by atoms with Crippen molar-refractivity contribution in [3.63, 3.8) is 0 Å². The SMILES string of the molecule is O=C(O)NC(CS(=O)(=O)N1CCC(Oc2ccccc2Cl)CC1)c1ccccc1. The topological polar surface area (TPSA) is 95.9 Å². The fraction of sp³-hybridized carbons (Fsp3) is 0.350. The lowest BCUT2D eigenvalue weighted by atomic mass is 10.1. The van der Waals surface area contributed by atoms with Gasteiger partial charge in [0.15, 0.2) is 0 Å². The highest BCUT2D eigenvalue weighted by atomic mass is 35.5. The van der Waals surface area contributed by atoms with Gasteiger partial charge in [-0.15, -0.1) is 0 Å². The number of halogens is 1. The highest BCUT2D eigenvalue weighted by Crippen LogP contribution is 2.28. The summed E-state index contributed by atoms with van der Waals surface area (Å²) < 4.78 is 33.1. The number of ether oxygens (including phenoxy) is 1. The molecular weight excluding hydrogens is 416 g/mol.